The van der Waals surface area contributed by atoms with Gasteiger partial charge >= 0.3 is 0 Å². The van der Waals surface area contributed by atoms with Crippen molar-refractivity contribution in [1.29, 1.82) is 0 Å². The van der Waals surface area contributed by atoms with E-state index in [1.807, 2.05) is 0 Å². The van der Waals surface area contributed by atoms with Crippen LogP contribution in [0.4, 0.5) is 11.4 Å². The maximum absolute atomic E-state index is 13.6. The summed E-state index contributed by atoms with van der Waals surface area (Å²) in [5.41, 5.74) is 2.36. The van der Waals surface area contributed by atoms with Gasteiger partial charge in [-0.2, -0.15) is 10.1 Å². The molecule has 0 spiro atoms. The summed E-state index contributed by atoms with van der Waals surface area (Å²) in [6, 6.07) is 16.2. The second kappa shape index (κ2) is 10.2. The molecule has 0 saturated carbocycles. The van der Waals surface area contributed by atoms with E-state index >= 15 is 0 Å². The van der Waals surface area contributed by atoms with Crippen molar-refractivity contribution in [3.05, 3.63) is 87.5 Å². The van der Waals surface area contributed by atoms with Crippen molar-refractivity contribution < 1.29 is 28.7 Å². The SMILES string of the molecule is COc1ccc(C2=NN(c3ccc([N+](=O)[O-])cc3)C(=O)C2=Cc2cc(OC)c(OC)c(OC)c2)cc1. The number of anilines is 1. The predicted molar refractivity (Wildman–Crippen MR) is 134 cm³/mol. The summed E-state index contributed by atoms with van der Waals surface area (Å²) in [7, 11) is 6.10. The second-order valence-corrected chi connectivity index (χ2v) is 7.58. The Labute approximate surface area is 207 Å². The number of nitrogens with zero attached hydrogens (tertiary/aromatic N) is 3. The van der Waals surface area contributed by atoms with Gasteiger partial charge in [0.2, 0.25) is 5.75 Å². The van der Waals surface area contributed by atoms with E-state index in [2.05, 4.69) is 5.10 Å². The molecule has 0 atom stereocenters. The van der Waals surface area contributed by atoms with E-state index < -0.39 is 10.8 Å². The van der Waals surface area contributed by atoms with Crippen LogP contribution in [0.2, 0.25) is 0 Å². The van der Waals surface area contributed by atoms with Gasteiger partial charge in [0, 0.05) is 17.7 Å². The standard InChI is InChI=1S/C26H23N3O7/c1-33-20-11-5-17(6-12-20)24-21(13-16-14-22(34-2)25(36-4)23(15-16)35-3)26(30)28(27-24)18-7-9-19(10-8-18)29(31)32/h5-15H,1-4H3. The van der Waals surface area contributed by atoms with Gasteiger partial charge in [-0.3, -0.25) is 14.9 Å². The number of hydrogen-bond acceptors (Lipinski definition) is 8. The van der Waals surface area contributed by atoms with Crippen molar-refractivity contribution in [3.63, 3.8) is 0 Å². The van der Waals surface area contributed by atoms with E-state index in [0.29, 0.717) is 51.1 Å². The molecule has 10 nitrogen and oxygen atoms in total. The molecule has 10 heteroatoms. The molecule has 3 aromatic carbocycles. The lowest BCUT2D eigenvalue weighted by Gasteiger charge is -2.13. The molecule has 0 bridgehead atoms. The highest BCUT2D eigenvalue weighted by atomic mass is 16.6. The molecule has 1 heterocycles. The Bertz CT molecular complexity index is 1340. The number of nitro benzene ring substituents is 1. The van der Waals surface area contributed by atoms with Crippen LogP contribution in [0, 0.1) is 10.1 Å². The van der Waals surface area contributed by atoms with E-state index in [-0.39, 0.29) is 5.69 Å². The molecule has 0 aromatic heterocycles. The van der Waals surface area contributed by atoms with E-state index in [1.165, 1.54) is 50.6 Å². The van der Waals surface area contributed by atoms with Crippen molar-refractivity contribution in [2.45, 2.75) is 0 Å². The smallest absolute Gasteiger partial charge is 0.281 e. The molecule has 0 N–H and O–H groups in total. The lowest BCUT2D eigenvalue weighted by molar-refractivity contribution is -0.384. The summed E-state index contributed by atoms with van der Waals surface area (Å²) >= 11 is 0. The van der Waals surface area contributed by atoms with Crippen LogP contribution >= 0.6 is 0 Å². The van der Waals surface area contributed by atoms with E-state index in [4.69, 9.17) is 18.9 Å². The fourth-order valence-corrected chi connectivity index (χ4v) is 3.75. The minimum Gasteiger partial charge on any atom is -0.497 e. The fourth-order valence-electron chi connectivity index (χ4n) is 3.75. The number of amides is 1. The molecular weight excluding hydrogens is 466 g/mol. The zero-order chi connectivity index (χ0) is 25.8. The Hall–Kier alpha value is -4.86. The first-order valence-corrected chi connectivity index (χ1v) is 10.7. The molecule has 0 saturated heterocycles. The minimum atomic E-state index is -0.503. The van der Waals surface area contributed by atoms with Gasteiger partial charge in [-0.1, -0.05) is 0 Å². The first-order chi connectivity index (χ1) is 17.4. The van der Waals surface area contributed by atoms with Crippen molar-refractivity contribution in [3.8, 4) is 23.0 Å². The average Bonchev–Trinajstić information content (AvgIpc) is 3.23. The number of ether oxygens (including phenoxy) is 4. The highest BCUT2D eigenvalue weighted by Crippen LogP contribution is 2.39. The van der Waals surface area contributed by atoms with Gasteiger partial charge in [0.15, 0.2) is 11.5 Å². The van der Waals surface area contributed by atoms with Crippen LogP contribution < -0.4 is 24.0 Å². The topological polar surface area (TPSA) is 113 Å². The van der Waals surface area contributed by atoms with Crippen molar-refractivity contribution in [1.82, 2.24) is 0 Å². The summed E-state index contributed by atoms with van der Waals surface area (Å²) in [6.45, 7) is 0. The molecule has 36 heavy (non-hydrogen) atoms. The fraction of sp³-hybridized carbons (Fsp3) is 0.154. The first-order valence-electron chi connectivity index (χ1n) is 10.7. The van der Waals surface area contributed by atoms with E-state index in [0.717, 1.165) is 0 Å². The first kappa shape index (κ1) is 24.3. The summed E-state index contributed by atoms with van der Waals surface area (Å²) in [5.74, 6) is 1.56. The van der Waals surface area contributed by atoms with Gasteiger partial charge in [-0.25, -0.2) is 0 Å². The van der Waals surface area contributed by atoms with Gasteiger partial charge < -0.3 is 18.9 Å². The van der Waals surface area contributed by atoms with Crippen molar-refractivity contribution >= 4 is 29.1 Å². The third-order valence-corrected chi connectivity index (χ3v) is 5.54. The van der Waals surface area contributed by atoms with Gasteiger partial charge in [-0.05, 0) is 60.2 Å². The Morgan fingerprint density at radius 1 is 0.861 bits per heavy atom. The normalized spacial score (nSPS) is 14.0. The number of non-ortho nitro benzene ring substituents is 1. The Kier molecular flexibility index (Phi) is 6.86. The summed E-state index contributed by atoms with van der Waals surface area (Å²) in [5, 5.41) is 16.8. The third-order valence-electron chi connectivity index (χ3n) is 5.54. The predicted octanol–water partition coefficient (Wildman–Crippen LogP) is 4.46. The van der Waals surface area contributed by atoms with Gasteiger partial charge in [0.1, 0.15) is 11.5 Å². The maximum Gasteiger partial charge on any atom is 0.281 e. The molecule has 1 amide bonds. The number of carbonyl (C=O) groups excluding carboxylic acids is 1. The van der Waals surface area contributed by atoms with Gasteiger partial charge in [0.25, 0.3) is 11.6 Å². The maximum atomic E-state index is 13.6. The lowest BCUT2D eigenvalue weighted by atomic mass is 9.99. The Morgan fingerprint density at radius 2 is 1.47 bits per heavy atom. The van der Waals surface area contributed by atoms with Crippen LogP contribution in [0.25, 0.3) is 6.08 Å². The molecule has 1 aliphatic rings. The molecule has 0 fully saturated rings. The average molecular weight is 489 g/mol. The minimum absolute atomic E-state index is 0.0852. The zero-order valence-electron chi connectivity index (χ0n) is 20.1. The lowest BCUT2D eigenvalue weighted by Crippen LogP contribution is -2.21. The number of carbonyl (C=O) groups is 1. The molecular formula is C26H23N3O7. The van der Waals surface area contributed by atoms with Crippen LogP contribution in [0.1, 0.15) is 11.1 Å². The largest absolute Gasteiger partial charge is 0.497 e. The summed E-state index contributed by atoms with van der Waals surface area (Å²) in [4.78, 5) is 24.1. The van der Waals surface area contributed by atoms with Crippen LogP contribution in [-0.4, -0.2) is 45.0 Å². The molecule has 184 valence electrons. The van der Waals surface area contributed by atoms with Crippen molar-refractivity contribution in [2.75, 3.05) is 33.4 Å². The number of rotatable bonds is 8. The van der Waals surface area contributed by atoms with E-state index in [9.17, 15) is 14.9 Å². The quantitative estimate of drug-likeness (QED) is 0.261. The van der Waals surface area contributed by atoms with E-state index in [1.54, 1.807) is 49.6 Å². The van der Waals surface area contributed by atoms with Crippen LogP contribution in [0.5, 0.6) is 23.0 Å². The number of methoxy groups -OCH3 is 4. The second-order valence-electron chi connectivity index (χ2n) is 7.58. The van der Waals surface area contributed by atoms with Gasteiger partial charge in [0.05, 0.1) is 44.6 Å². The van der Waals surface area contributed by atoms with Crippen molar-refractivity contribution in [2.24, 2.45) is 5.10 Å². The van der Waals surface area contributed by atoms with Crippen LogP contribution in [-0.2, 0) is 4.79 Å². The molecule has 4 rings (SSSR count). The molecule has 0 aliphatic carbocycles. The monoisotopic (exact) mass is 489 g/mol. The molecule has 3 aromatic rings. The number of benzene rings is 3. The van der Waals surface area contributed by atoms with Crippen LogP contribution in [0.15, 0.2) is 71.3 Å². The molecule has 0 radical (unpaired) electrons. The highest BCUT2D eigenvalue weighted by Gasteiger charge is 2.32. The zero-order valence-corrected chi connectivity index (χ0v) is 20.1. The molecule has 1 aliphatic heterocycles. The number of hydrazone groups is 1. The third kappa shape index (κ3) is 4.56. The number of hydrogen-bond donors (Lipinski definition) is 0. The summed E-state index contributed by atoms with van der Waals surface area (Å²) in [6.07, 6.45) is 1.68. The molecule has 0 unspecified atom stereocenters. The Morgan fingerprint density at radius 3 is 1.97 bits per heavy atom. The highest BCUT2D eigenvalue weighted by molar-refractivity contribution is 6.37. The van der Waals surface area contributed by atoms with Gasteiger partial charge in [-0.15, -0.1) is 0 Å². The summed E-state index contributed by atoms with van der Waals surface area (Å²) < 4.78 is 21.5. The Balaban J connectivity index is 1.84. The van der Waals surface area contributed by atoms with Crippen LogP contribution in [0.3, 0.4) is 0 Å². The number of nitro groups is 1.